The summed E-state index contributed by atoms with van der Waals surface area (Å²) in [4.78, 5) is 21.0. The molecule has 6 heteroatoms. The molecule has 28 heavy (non-hydrogen) atoms. The van der Waals surface area contributed by atoms with Gasteiger partial charge >= 0.3 is 0 Å². The number of nitrogens with one attached hydrogen (secondary N) is 1. The monoisotopic (exact) mass is 397 g/mol. The number of rotatable bonds is 5. The Hall–Kier alpha value is -2.18. The van der Waals surface area contributed by atoms with Gasteiger partial charge in [0.2, 0.25) is 5.91 Å². The molecule has 5 nitrogen and oxygen atoms in total. The van der Waals surface area contributed by atoms with E-state index in [1.54, 1.807) is 17.6 Å². The number of amides is 1. The summed E-state index contributed by atoms with van der Waals surface area (Å²) in [6.45, 7) is 11.7. The SMILES string of the molecule is CCN1CCc2nc(NC(=O)Cc3coc4cc(C)c(C(C)C)cc34)sc2C1. The second-order valence-corrected chi connectivity index (χ2v) is 8.94. The highest BCUT2D eigenvalue weighted by Gasteiger charge is 2.21. The zero-order valence-corrected chi connectivity index (χ0v) is 17.8. The van der Waals surface area contributed by atoms with E-state index in [2.05, 4.69) is 55.0 Å². The van der Waals surface area contributed by atoms with Crippen molar-refractivity contribution in [2.45, 2.75) is 53.0 Å². The fourth-order valence-electron chi connectivity index (χ4n) is 3.91. The molecule has 0 fully saturated rings. The highest BCUT2D eigenvalue weighted by atomic mass is 32.1. The quantitative estimate of drug-likeness (QED) is 0.667. The van der Waals surface area contributed by atoms with Crippen LogP contribution in [0.15, 0.2) is 22.8 Å². The first kappa shape index (κ1) is 19.2. The summed E-state index contributed by atoms with van der Waals surface area (Å²) >= 11 is 1.60. The van der Waals surface area contributed by atoms with Crippen LogP contribution in [0.5, 0.6) is 0 Å². The molecule has 1 aromatic carbocycles. The van der Waals surface area contributed by atoms with Gasteiger partial charge < -0.3 is 9.73 Å². The van der Waals surface area contributed by atoms with Gasteiger partial charge in [0, 0.05) is 35.3 Å². The Labute approximate surface area is 169 Å². The highest BCUT2D eigenvalue weighted by molar-refractivity contribution is 7.15. The summed E-state index contributed by atoms with van der Waals surface area (Å²) in [6, 6.07) is 4.24. The summed E-state index contributed by atoms with van der Waals surface area (Å²) in [5, 5.41) is 4.73. The molecule has 0 spiro atoms. The van der Waals surface area contributed by atoms with Crippen LogP contribution in [0, 0.1) is 6.92 Å². The second kappa shape index (κ2) is 7.68. The average molecular weight is 398 g/mol. The van der Waals surface area contributed by atoms with Crippen LogP contribution < -0.4 is 5.32 Å². The van der Waals surface area contributed by atoms with E-state index in [9.17, 15) is 4.79 Å². The van der Waals surface area contributed by atoms with Gasteiger partial charge in [0.15, 0.2) is 5.13 Å². The van der Waals surface area contributed by atoms with E-state index in [1.807, 2.05) is 0 Å². The molecule has 1 amide bonds. The van der Waals surface area contributed by atoms with Crippen LogP contribution in [-0.2, 0) is 24.2 Å². The maximum atomic E-state index is 12.6. The molecule has 0 aliphatic carbocycles. The topological polar surface area (TPSA) is 58.4 Å². The predicted molar refractivity (Wildman–Crippen MR) is 114 cm³/mol. The van der Waals surface area contributed by atoms with Gasteiger partial charge in [0.25, 0.3) is 0 Å². The lowest BCUT2D eigenvalue weighted by atomic mass is 9.95. The number of benzene rings is 1. The van der Waals surface area contributed by atoms with E-state index in [-0.39, 0.29) is 5.91 Å². The van der Waals surface area contributed by atoms with Gasteiger partial charge in [-0.15, -0.1) is 11.3 Å². The van der Waals surface area contributed by atoms with Crippen LogP contribution in [0.3, 0.4) is 0 Å². The summed E-state index contributed by atoms with van der Waals surface area (Å²) in [5.74, 6) is 0.387. The van der Waals surface area contributed by atoms with Crippen molar-refractivity contribution < 1.29 is 9.21 Å². The Morgan fingerprint density at radius 2 is 2.21 bits per heavy atom. The highest BCUT2D eigenvalue weighted by Crippen LogP contribution is 2.30. The molecule has 0 radical (unpaired) electrons. The number of furan rings is 1. The standard InChI is InChI=1S/C22H27N3O2S/c1-5-25-7-6-18-20(11-25)28-22(23-18)24-21(26)9-15-12-27-19-8-14(4)16(13(2)3)10-17(15)19/h8,10,12-13H,5-7,9,11H2,1-4H3,(H,23,24,26). The van der Waals surface area contributed by atoms with Crippen LogP contribution in [0.4, 0.5) is 5.13 Å². The summed E-state index contributed by atoms with van der Waals surface area (Å²) in [5.41, 5.74) is 5.42. The molecule has 0 unspecified atom stereocenters. The molecule has 4 rings (SSSR count). The third-order valence-corrected chi connectivity index (χ3v) is 6.52. The van der Waals surface area contributed by atoms with Crippen molar-refractivity contribution in [1.29, 1.82) is 0 Å². The predicted octanol–water partition coefficient (Wildman–Crippen LogP) is 4.88. The number of fused-ring (bicyclic) bond motifs is 2. The van der Waals surface area contributed by atoms with Gasteiger partial charge in [-0.05, 0) is 42.6 Å². The lowest BCUT2D eigenvalue weighted by molar-refractivity contribution is -0.115. The van der Waals surface area contributed by atoms with Gasteiger partial charge in [-0.1, -0.05) is 20.8 Å². The van der Waals surface area contributed by atoms with Crippen LogP contribution in [0.2, 0.25) is 0 Å². The van der Waals surface area contributed by atoms with Crippen LogP contribution >= 0.6 is 11.3 Å². The number of likely N-dealkylation sites (N-methyl/N-ethyl adjacent to an activating group) is 1. The van der Waals surface area contributed by atoms with Crippen molar-refractivity contribution in [2.75, 3.05) is 18.4 Å². The Balaban J connectivity index is 1.50. The lowest BCUT2D eigenvalue weighted by Crippen LogP contribution is -2.29. The molecule has 0 saturated heterocycles. The van der Waals surface area contributed by atoms with E-state index >= 15 is 0 Å². The molecule has 148 valence electrons. The van der Waals surface area contributed by atoms with Crippen molar-refractivity contribution in [2.24, 2.45) is 0 Å². The average Bonchev–Trinajstić information content (AvgIpc) is 3.23. The van der Waals surface area contributed by atoms with Gasteiger partial charge in [0.1, 0.15) is 5.58 Å². The van der Waals surface area contributed by atoms with E-state index in [4.69, 9.17) is 4.42 Å². The van der Waals surface area contributed by atoms with Crippen molar-refractivity contribution in [1.82, 2.24) is 9.88 Å². The number of hydrogen-bond donors (Lipinski definition) is 1. The van der Waals surface area contributed by atoms with E-state index in [1.165, 1.54) is 16.0 Å². The first-order chi connectivity index (χ1) is 13.4. The van der Waals surface area contributed by atoms with E-state index in [0.29, 0.717) is 17.5 Å². The number of carbonyl (C=O) groups excluding carboxylic acids is 1. The summed E-state index contributed by atoms with van der Waals surface area (Å²) < 4.78 is 5.71. The van der Waals surface area contributed by atoms with Gasteiger partial charge in [-0.2, -0.15) is 0 Å². The molecule has 2 aromatic heterocycles. The molecule has 0 saturated carbocycles. The summed E-state index contributed by atoms with van der Waals surface area (Å²) in [7, 11) is 0. The number of nitrogens with zero attached hydrogens (tertiary/aromatic N) is 2. The molecule has 3 aromatic rings. The first-order valence-corrected chi connectivity index (χ1v) is 10.8. The van der Waals surface area contributed by atoms with Gasteiger partial charge in [-0.25, -0.2) is 4.98 Å². The number of hydrogen-bond acceptors (Lipinski definition) is 5. The summed E-state index contributed by atoms with van der Waals surface area (Å²) in [6.07, 6.45) is 2.96. The molecule has 1 aliphatic heterocycles. The number of aromatic nitrogens is 1. The maximum Gasteiger partial charge on any atom is 0.230 e. The lowest BCUT2D eigenvalue weighted by Gasteiger charge is -2.23. The zero-order chi connectivity index (χ0) is 19.8. The maximum absolute atomic E-state index is 12.6. The number of anilines is 1. The smallest absolute Gasteiger partial charge is 0.230 e. The van der Waals surface area contributed by atoms with Crippen LogP contribution in [0.25, 0.3) is 11.0 Å². The largest absolute Gasteiger partial charge is 0.464 e. The fraction of sp³-hybridized carbons (Fsp3) is 0.455. The molecule has 3 heterocycles. The van der Waals surface area contributed by atoms with Crippen molar-refractivity contribution >= 4 is 33.3 Å². The zero-order valence-electron chi connectivity index (χ0n) is 17.0. The normalized spacial score (nSPS) is 14.6. The van der Waals surface area contributed by atoms with Crippen LogP contribution in [0.1, 0.15) is 54.0 Å². The molecule has 0 atom stereocenters. The van der Waals surface area contributed by atoms with Crippen molar-refractivity contribution in [3.05, 3.63) is 45.7 Å². The van der Waals surface area contributed by atoms with Crippen LogP contribution in [-0.4, -0.2) is 28.9 Å². The number of aryl methyl sites for hydroxylation is 1. The Morgan fingerprint density at radius 1 is 1.39 bits per heavy atom. The van der Waals surface area contributed by atoms with Gasteiger partial charge in [0.05, 0.1) is 18.4 Å². The van der Waals surface area contributed by atoms with E-state index < -0.39 is 0 Å². The number of thiazole rings is 1. The Morgan fingerprint density at radius 3 is 2.96 bits per heavy atom. The Kier molecular flexibility index (Phi) is 5.25. The third-order valence-electron chi connectivity index (χ3n) is 5.52. The molecule has 1 aliphatic rings. The molecule has 1 N–H and O–H groups in total. The van der Waals surface area contributed by atoms with Crippen molar-refractivity contribution in [3.63, 3.8) is 0 Å². The first-order valence-electron chi connectivity index (χ1n) is 9.96. The number of carbonyl (C=O) groups is 1. The van der Waals surface area contributed by atoms with Gasteiger partial charge in [-0.3, -0.25) is 9.69 Å². The third kappa shape index (κ3) is 3.71. The molecular weight excluding hydrogens is 370 g/mol. The minimum Gasteiger partial charge on any atom is -0.464 e. The molecular formula is C22H27N3O2S. The Bertz CT molecular complexity index is 1020. The second-order valence-electron chi connectivity index (χ2n) is 7.85. The minimum absolute atomic E-state index is 0.0483. The molecule has 0 bridgehead atoms. The fourth-order valence-corrected chi connectivity index (χ4v) is 4.98. The van der Waals surface area contributed by atoms with Crippen molar-refractivity contribution in [3.8, 4) is 0 Å². The minimum atomic E-state index is -0.0483. The van der Waals surface area contributed by atoms with E-state index in [0.717, 1.165) is 48.3 Å².